The van der Waals surface area contributed by atoms with Crippen LogP contribution >= 0.6 is 0 Å². The highest BCUT2D eigenvalue weighted by molar-refractivity contribution is 6.05. The Balaban J connectivity index is 1.67. The van der Waals surface area contributed by atoms with Crippen molar-refractivity contribution in [3.8, 4) is 11.5 Å². The maximum Gasteiger partial charge on any atom is 0.291 e. The van der Waals surface area contributed by atoms with Gasteiger partial charge in [0.15, 0.2) is 5.76 Å². The summed E-state index contributed by atoms with van der Waals surface area (Å²) in [4.78, 5) is 17.1. The van der Waals surface area contributed by atoms with Gasteiger partial charge in [0, 0.05) is 16.8 Å². The van der Waals surface area contributed by atoms with Crippen LogP contribution in [0.4, 0.5) is 5.69 Å². The van der Waals surface area contributed by atoms with Gasteiger partial charge in [-0.15, -0.1) is 0 Å². The summed E-state index contributed by atoms with van der Waals surface area (Å²) in [5.41, 5.74) is 1.73. The molecule has 1 amide bonds. The van der Waals surface area contributed by atoms with Crippen LogP contribution in [0.1, 0.15) is 17.5 Å². The lowest BCUT2D eigenvalue weighted by atomic mass is 10.2. The molecule has 4 aromatic rings. The van der Waals surface area contributed by atoms with E-state index in [9.17, 15) is 4.79 Å². The van der Waals surface area contributed by atoms with Crippen molar-refractivity contribution in [3.05, 3.63) is 60.4 Å². The minimum Gasteiger partial charge on any atom is -0.497 e. The number of nitrogens with one attached hydrogen (secondary N) is 1. The number of aromatic nitrogens is 1. The van der Waals surface area contributed by atoms with Crippen LogP contribution < -0.4 is 14.8 Å². The number of para-hydroxylation sites is 2. The summed E-state index contributed by atoms with van der Waals surface area (Å²) < 4.78 is 16.4. The quantitative estimate of drug-likeness (QED) is 0.560. The molecule has 0 unspecified atom stereocenters. The number of fused-ring (bicyclic) bond motifs is 2. The smallest absolute Gasteiger partial charge is 0.291 e. The van der Waals surface area contributed by atoms with Crippen molar-refractivity contribution in [3.63, 3.8) is 0 Å². The Kier molecular flexibility index (Phi) is 4.38. The fourth-order valence-corrected chi connectivity index (χ4v) is 2.88. The number of carbonyl (C=O) groups is 1. The van der Waals surface area contributed by atoms with Crippen LogP contribution in [-0.2, 0) is 0 Å². The number of ether oxygens (including phenoxy) is 2. The number of rotatable bonds is 5. The number of methoxy groups -OCH3 is 1. The van der Waals surface area contributed by atoms with E-state index in [0.29, 0.717) is 29.5 Å². The summed E-state index contributed by atoms with van der Waals surface area (Å²) in [6, 6.07) is 16.5. The zero-order valence-electron chi connectivity index (χ0n) is 15.0. The van der Waals surface area contributed by atoms with Gasteiger partial charge >= 0.3 is 0 Å². The minimum absolute atomic E-state index is 0.186. The summed E-state index contributed by atoms with van der Waals surface area (Å²) in [7, 11) is 1.61. The lowest BCUT2D eigenvalue weighted by molar-refractivity contribution is 0.0998. The second-order valence-corrected chi connectivity index (χ2v) is 5.94. The van der Waals surface area contributed by atoms with Crippen molar-refractivity contribution in [2.45, 2.75) is 6.92 Å². The van der Waals surface area contributed by atoms with Crippen molar-refractivity contribution in [2.24, 2.45) is 0 Å². The summed E-state index contributed by atoms with van der Waals surface area (Å²) in [6.45, 7) is 2.40. The largest absolute Gasteiger partial charge is 0.497 e. The molecular formula is C21H18N2O4. The van der Waals surface area contributed by atoms with Gasteiger partial charge in [-0.1, -0.05) is 12.1 Å². The van der Waals surface area contributed by atoms with E-state index in [-0.39, 0.29) is 11.7 Å². The Bertz CT molecular complexity index is 1130. The number of furan rings is 1. The predicted molar refractivity (Wildman–Crippen MR) is 104 cm³/mol. The minimum atomic E-state index is -0.359. The number of hydrogen-bond acceptors (Lipinski definition) is 5. The number of carbonyl (C=O) groups excluding carboxylic acids is 1. The molecule has 136 valence electrons. The van der Waals surface area contributed by atoms with Gasteiger partial charge < -0.3 is 19.2 Å². The molecule has 2 aromatic heterocycles. The Morgan fingerprint density at radius 3 is 2.78 bits per heavy atom. The van der Waals surface area contributed by atoms with Crippen molar-refractivity contribution < 1.29 is 18.7 Å². The standard InChI is InChI=1S/C21H18N2O4/c1-3-26-18-7-5-4-6-16(18)22-20(24)19-11-14-10-13-8-9-15(25-2)12-17(13)23-21(14)27-19/h4-12H,3H2,1-2H3,(H,22,24). The van der Waals surface area contributed by atoms with Gasteiger partial charge in [0.1, 0.15) is 11.5 Å². The number of nitrogens with zero attached hydrogens (tertiary/aromatic N) is 1. The van der Waals surface area contributed by atoms with Crippen LogP contribution in [-0.4, -0.2) is 24.6 Å². The zero-order valence-corrected chi connectivity index (χ0v) is 15.0. The van der Waals surface area contributed by atoms with Crippen LogP contribution in [0.15, 0.2) is 59.0 Å². The van der Waals surface area contributed by atoms with Crippen molar-refractivity contribution in [1.29, 1.82) is 0 Å². The number of hydrogen-bond donors (Lipinski definition) is 1. The molecule has 2 aromatic carbocycles. The summed E-state index contributed by atoms with van der Waals surface area (Å²) in [6.07, 6.45) is 0. The molecule has 0 radical (unpaired) electrons. The monoisotopic (exact) mass is 362 g/mol. The maximum atomic E-state index is 12.6. The second kappa shape index (κ2) is 6.99. The van der Waals surface area contributed by atoms with E-state index in [4.69, 9.17) is 13.9 Å². The molecule has 0 fully saturated rings. The highest BCUT2D eigenvalue weighted by Gasteiger charge is 2.16. The van der Waals surface area contributed by atoms with E-state index in [0.717, 1.165) is 16.3 Å². The average Bonchev–Trinajstić information content (AvgIpc) is 3.10. The SMILES string of the molecule is CCOc1ccccc1NC(=O)c1cc2cc3ccc(OC)cc3nc2o1. The normalized spacial score (nSPS) is 10.9. The molecular weight excluding hydrogens is 344 g/mol. The molecule has 0 atom stereocenters. The predicted octanol–water partition coefficient (Wildman–Crippen LogP) is 4.64. The third kappa shape index (κ3) is 3.29. The molecule has 0 saturated carbocycles. The Morgan fingerprint density at radius 1 is 1.11 bits per heavy atom. The number of benzene rings is 2. The zero-order chi connectivity index (χ0) is 18.8. The Hall–Kier alpha value is -3.54. The summed E-state index contributed by atoms with van der Waals surface area (Å²) in [5.74, 6) is 1.15. The fraction of sp³-hybridized carbons (Fsp3) is 0.143. The number of anilines is 1. The van der Waals surface area contributed by atoms with E-state index in [1.165, 1.54) is 0 Å². The lowest BCUT2D eigenvalue weighted by Gasteiger charge is -2.10. The van der Waals surface area contributed by atoms with Crippen LogP contribution in [0.5, 0.6) is 11.5 Å². The maximum absolute atomic E-state index is 12.6. The van der Waals surface area contributed by atoms with Crippen molar-refractivity contribution in [1.82, 2.24) is 4.98 Å². The number of pyridine rings is 1. The van der Waals surface area contributed by atoms with E-state index in [1.807, 2.05) is 43.3 Å². The third-order valence-corrected chi connectivity index (χ3v) is 4.17. The molecule has 0 spiro atoms. The van der Waals surface area contributed by atoms with E-state index < -0.39 is 0 Å². The molecule has 0 aliphatic heterocycles. The molecule has 6 heteroatoms. The van der Waals surface area contributed by atoms with E-state index >= 15 is 0 Å². The van der Waals surface area contributed by atoms with Crippen molar-refractivity contribution in [2.75, 3.05) is 19.0 Å². The lowest BCUT2D eigenvalue weighted by Crippen LogP contribution is -2.12. The third-order valence-electron chi connectivity index (χ3n) is 4.17. The number of amides is 1. The van der Waals surface area contributed by atoms with Crippen LogP contribution in [0, 0.1) is 0 Å². The average molecular weight is 362 g/mol. The highest BCUT2D eigenvalue weighted by Crippen LogP contribution is 2.27. The molecule has 1 N–H and O–H groups in total. The fourth-order valence-electron chi connectivity index (χ4n) is 2.88. The van der Waals surface area contributed by atoms with Crippen LogP contribution in [0.25, 0.3) is 22.0 Å². The van der Waals surface area contributed by atoms with Gasteiger partial charge in [-0.3, -0.25) is 4.79 Å². The van der Waals surface area contributed by atoms with E-state index in [2.05, 4.69) is 10.3 Å². The molecule has 0 aliphatic rings. The van der Waals surface area contributed by atoms with E-state index in [1.54, 1.807) is 25.3 Å². The topological polar surface area (TPSA) is 73.6 Å². The van der Waals surface area contributed by atoms with Gasteiger partial charge in [0.25, 0.3) is 5.91 Å². The van der Waals surface area contributed by atoms with Gasteiger partial charge in [0.2, 0.25) is 5.71 Å². The second-order valence-electron chi connectivity index (χ2n) is 5.94. The molecule has 0 bridgehead atoms. The van der Waals surface area contributed by atoms with Crippen LogP contribution in [0.2, 0.25) is 0 Å². The van der Waals surface area contributed by atoms with Crippen molar-refractivity contribution >= 4 is 33.6 Å². The van der Waals surface area contributed by atoms with Gasteiger partial charge in [-0.25, -0.2) is 4.98 Å². The first-order valence-corrected chi connectivity index (χ1v) is 8.59. The molecule has 0 saturated heterocycles. The Labute approximate surface area is 155 Å². The first-order chi connectivity index (χ1) is 13.2. The summed E-state index contributed by atoms with van der Waals surface area (Å²) in [5, 5.41) is 4.53. The molecule has 2 heterocycles. The molecule has 27 heavy (non-hydrogen) atoms. The molecule has 0 aliphatic carbocycles. The first kappa shape index (κ1) is 16.9. The van der Waals surface area contributed by atoms with Gasteiger partial charge in [0.05, 0.1) is 24.9 Å². The van der Waals surface area contributed by atoms with Gasteiger partial charge in [-0.05, 0) is 43.3 Å². The first-order valence-electron chi connectivity index (χ1n) is 8.59. The molecule has 4 rings (SSSR count). The van der Waals surface area contributed by atoms with Crippen LogP contribution in [0.3, 0.4) is 0 Å². The summed E-state index contributed by atoms with van der Waals surface area (Å²) >= 11 is 0. The molecule has 6 nitrogen and oxygen atoms in total. The Morgan fingerprint density at radius 2 is 1.96 bits per heavy atom. The highest BCUT2D eigenvalue weighted by atomic mass is 16.5. The van der Waals surface area contributed by atoms with Gasteiger partial charge in [-0.2, -0.15) is 0 Å².